The lowest BCUT2D eigenvalue weighted by atomic mass is 10.2. The maximum Gasteiger partial charge on any atom is 0.263 e. The summed E-state index contributed by atoms with van der Waals surface area (Å²) in [5.74, 6) is -0.424. The Kier molecular flexibility index (Phi) is 6.37. The molecular weight excluding hydrogens is 297 g/mol. The molecule has 1 aromatic rings. The van der Waals surface area contributed by atoms with Crippen molar-refractivity contribution in [2.75, 3.05) is 5.32 Å². The molecule has 0 bridgehead atoms. The predicted molar refractivity (Wildman–Crippen MR) is 81.7 cm³/mol. The second-order valence-electron chi connectivity index (χ2n) is 4.20. The van der Waals surface area contributed by atoms with Crippen LogP contribution in [0.15, 0.2) is 30.0 Å². The molecule has 106 valence electrons. The number of rotatable bonds is 5. The molecule has 1 aromatic carbocycles. The number of nitrogens with zero attached hydrogens (tertiary/aromatic N) is 1. The van der Waals surface area contributed by atoms with Gasteiger partial charge in [-0.15, -0.1) is 0 Å². The van der Waals surface area contributed by atoms with Crippen LogP contribution in [0.4, 0.5) is 5.69 Å². The van der Waals surface area contributed by atoms with Crippen LogP contribution >= 0.6 is 23.2 Å². The van der Waals surface area contributed by atoms with Crippen LogP contribution in [-0.2, 0) is 4.79 Å². The number of anilines is 1. The van der Waals surface area contributed by atoms with Crippen LogP contribution in [0.5, 0.6) is 0 Å². The van der Waals surface area contributed by atoms with Gasteiger partial charge in [-0.25, -0.2) is 0 Å². The van der Waals surface area contributed by atoms with E-state index in [9.17, 15) is 4.79 Å². The number of benzene rings is 1. The number of carbonyl (C=O) groups excluding carboxylic acids is 1. The molecule has 0 spiro atoms. The van der Waals surface area contributed by atoms with E-state index in [1.807, 2.05) is 19.9 Å². The van der Waals surface area contributed by atoms with Gasteiger partial charge in [0.1, 0.15) is 11.6 Å². The van der Waals surface area contributed by atoms with Gasteiger partial charge in [-0.3, -0.25) is 4.79 Å². The topological polar surface area (TPSA) is 64.9 Å². The van der Waals surface area contributed by atoms with Gasteiger partial charge in [0.15, 0.2) is 0 Å². The highest BCUT2D eigenvalue weighted by atomic mass is 35.5. The van der Waals surface area contributed by atoms with Gasteiger partial charge in [0.25, 0.3) is 5.91 Å². The Balaban J connectivity index is 2.83. The van der Waals surface area contributed by atoms with E-state index < -0.39 is 5.91 Å². The molecule has 0 radical (unpaired) electrons. The highest BCUT2D eigenvalue weighted by Crippen LogP contribution is 2.29. The third-order valence-corrected chi connectivity index (χ3v) is 3.50. The van der Waals surface area contributed by atoms with Crippen LogP contribution in [0.1, 0.15) is 20.3 Å². The average molecular weight is 312 g/mol. The van der Waals surface area contributed by atoms with Crippen molar-refractivity contribution in [2.24, 2.45) is 0 Å². The summed E-state index contributed by atoms with van der Waals surface area (Å²) in [7, 11) is 0. The number of halogens is 2. The minimum absolute atomic E-state index is 0.00834. The zero-order valence-electron chi connectivity index (χ0n) is 11.2. The van der Waals surface area contributed by atoms with E-state index in [-0.39, 0.29) is 11.6 Å². The Bertz CT molecular complexity index is 564. The first-order valence-electron chi connectivity index (χ1n) is 6.11. The summed E-state index contributed by atoms with van der Waals surface area (Å²) in [6, 6.07) is 6.93. The number of amides is 1. The lowest BCUT2D eigenvalue weighted by Gasteiger charge is -2.11. The second-order valence-corrected chi connectivity index (χ2v) is 4.98. The van der Waals surface area contributed by atoms with Crippen molar-refractivity contribution in [3.63, 3.8) is 0 Å². The molecule has 1 amide bonds. The van der Waals surface area contributed by atoms with Gasteiger partial charge in [-0.2, -0.15) is 5.26 Å². The second kappa shape index (κ2) is 7.78. The number of nitrogens with one attached hydrogen (secondary N) is 2. The Labute approximate surface area is 128 Å². The van der Waals surface area contributed by atoms with Crippen LogP contribution < -0.4 is 10.6 Å². The summed E-state index contributed by atoms with van der Waals surface area (Å²) in [5, 5.41) is 15.3. The monoisotopic (exact) mass is 311 g/mol. The molecule has 0 aliphatic rings. The highest BCUT2D eigenvalue weighted by molar-refractivity contribution is 6.43. The molecule has 4 nitrogen and oxygen atoms in total. The molecule has 6 heteroatoms. The molecule has 0 saturated carbocycles. The number of hydrogen-bond donors (Lipinski definition) is 2. The first-order valence-corrected chi connectivity index (χ1v) is 6.86. The number of nitriles is 1. The van der Waals surface area contributed by atoms with Crippen molar-refractivity contribution >= 4 is 34.8 Å². The van der Waals surface area contributed by atoms with Crippen molar-refractivity contribution in [2.45, 2.75) is 26.3 Å². The third kappa shape index (κ3) is 4.44. The largest absolute Gasteiger partial charge is 0.359 e. The van der Waals surface area contributed by atoms with Crippen molar-refractivity contribution in [3.8, 4) is 6.07 Å². The summed E-state index contributed by atoms with van der Waals surface area (Å²) in [5.41, 5.74) is 0.504. The van der Waals surface area contributed by atoms with E-state index >= 15 is 0 Å². The summed E-state index contributed by atoms with van der Waals surface area (Å²) in [6.07, 6.45) is 2.10. The molecule has 0 heterocycles. The fourth-order valence-electron chi connectivity index (χ4n) is 1.32. The van der Waals surface area contributed by atoms with Gasteiger partial charge in [0.2, 0.25) is 0 Å². The van der Waals surface area contributed by atoms with Crippen LogP contribution in [0, 0.1) is 11.3 Å². The van der Waals surface area contributed by atoms with E-state index in [1.54, 1.807) is 18.2 Å². The highest BCUT2D eigenvalue weighted by Gasteiger charge is 2.11. The van der Waals surface area contributed by atoms with Crippen LogP contribution in [-0.4, -0.2) is 11.9 Å². The minimum Gasteiger partial charge on any atom is -0.359 e. The van der Waals surface area contributed by atoms with Crippen molar-refractivity contribution in [1.29, 1.82) is 5.26 Å². The number of carbonyl (C=O) groups is 1. The smallest absolute Gasteiger partial charge is 0.263 e. The van der Waals surface area contributed by atoms with Crippen LogP contribution in [0.25, 0.3) is 0 Å². The Morgan fingerprint density at radius 2 is 2.20 bits per heavy atom. The summed E-state index contributed by atoms with van der Waals surface area (Å²) >= 11 is 11.9. The van der Waals surface area contributed by atoms with Crippen LogP contribution in [0.3, 0.4) is 0 Å². The first kappa shape index (κ1) is 16.4. The Hall–Kier alpha value is -1.70. The molecule has 0 fully saturated rings. The van der Waals surface area contributed by atoms with Gasteiger partial charge in [-0.05, 0) is 25.5 Å². The molecule has 0 saturated heterocycles. The lowest BCUT2D eigenvalue weighted by Crippen LogP contribution is -2.33. The SMILES string of the molecule is CCC(C)NC(=O)/C(C#N)=C\Nc1cccc(Cl)c1Cl. The first-order chi connectivity index (χ1) is 9.49. The van der Waals surface area contributed by atoms with Crippen molar-refractivity contribution in [1.82, 2.24) is 5.32 Å². The van der Waals surface area contributed by atoms with Gasteiger partial charge in [-0.1, -0.05) is 36.2 Å². The minimum atomic E-state index is -0.424. The van der Waals surface area contributed by atoms with E-state index in [2.05, 4.69) is 10.6 Å². The van der Waals surface area contributed by atoms with Crippen LogP contribution in [0.2, 0.25) is 10.0 Å². The molecule has 0 aromatic heterocycles. The average Bonchev–Trinajstić information content (AvgIpc) is 2.43. The quantitative estimate of drug-likeness (QED) is 0.643. The zero-order valence-corrected chi connectivity index (χ0v) is 12.7. The third-order valence-electron chi connectivity index (χ3n) is 2.68. The molecule has 0 aliphatic carbocycles. The molecule has 2 N–H and O–H groups in total. The normalized spacial score (nSPS) is 12.4. The van der Waals surface area contributed by atoms with Gasteiger partial charge >= 0.3 is 0 Å². The maximum atomic E-state index is 11.8. The van der Waals surface area contributed by atoms with E-state index in [4.69, 9.17) is 28.5 Å². The predicted octanol–water partition coefficient (Wildman–Crippen LogP) is 3.73. The van der Waals surface area contributed by atoms with E-state index in [0.717, 1.165) is 6.42 Å². The lowest BCUT2D eigenvalue weighted by molar-refractivity contribution is -0.117. The van der Waals surface area contributed by atoms with Gasteiger partial charge in [0.05, 0.1) is 15.7 Å². The summed E-state index contributed by atoms with van der Waals surface area (Å²) in [4.78, 5) is 11.8. The molecule has 1 atom stereocenters. The molecule has 20 heavy (non-hydrogen) atoms. The standard InChI is InChI=1S/C14H15Cl2N3O/c1-3-9(2)19-14(20)10(7-17)8-18-12-6-4-5-11(15)13(12)16/h4-6,8-9,18H,3H2,1-2H3,(H,19,20)/b10-8-. The Morgan fingerprint density at radius 1 is 1.50 bits per heavy atom. The number of hydrogen-bond acceptors (Lipinski definition) is 3. The molecular formula is C14H15Cl2N3O. The molecule has 0 aliphatic heterocycles. The van der Waals surface area contributed by atoms with Crippen molar-refractivity contribution in [3.05, 3.63) is 40.0 Å². The summed E-state index contributed by atoms with van der Waals surface area (Å²) < 4.78 is 0. The summed E-state index contributed by atoms with van der Waals surface area (Å²) in [6.45, 7) is 3.82. The van der Waals surface area contributed by atoms with E-state index in [0.29, 0.717) is 15.7 Å². The van der Waals surface area contributed by atoms with Crippen molar-refractivity contribution < 1.29 is 4.79 Å². The fraction of sp³-hybridized carbons (Fsp3) is 0.286. The molecule has 1 rings (SSSR count). The Morgan fingerprint density at radius 3 is 2.80 bits per heavy atom. The molecule has 1 unspecified atom stereocenters. The zero-order chi connectivity index (χ0) is 15.1. The van der Waals surface area contributed by atoms with Gasteiger partial charge < -0.3 is 10.6 Å². The maximum absolute atomic E-state index is 11.8. The van der Waals surface area contributed by atoms with Gasteiger partial charge in [0, 0.05) is 12.2 Å². The fourth-order valence-corrected chi connectivity index (χ4v) is 1.67. The van der Waals surface area contributed by atoms with E-state index in [1.165, 1.54) is 6.20 Å².